The maximum atomic E-state index is 13.8. The Kier molecular flexibility index (Phi) is 10.7. The number of carbonyl (C=O) groups is 4. The van der Waals surface area contributed by atoms with E-state index < -0.39 is 54.5 Å². The fourth-order valence-electron chi connectivity index (χ4n) is 3.83. The number of anilines is 1. The number of halogens is 1. The van der Waals surface area contributed by atoms with Gasteiger partial charge in [-0.05, 0) is 69.5 Å². The average molecular weight is 563 g/mol. The maximum absolute atomic E-state index is 13.8. The minimum Gasteiger partial charge on any atom is -0.508 e. The molecule has 0 radical (unpaired) electrons. The molecule has 0 aliphatic rings. The highest BCUT2D eigenvalue weighted by Crippen LogP contribution is 2.31. The molecule has 4 amide bonds. The first-order chi connectivity index (χ1) is 18.1. The van der Waals surface area contributed by atoms with Crippen molar-refractivity contribution < 1.29 is 34.1 Å². The second kappa shape index (κ2) is 13.3. The van der Waals surface area contributed by atoms with Gasteiger partial charge in [0, 0.05) is 6.54 Å². The predicted octanol–water partition coefficient (Wildman–Crippen LogP) is 2.93. The van der Waals surface area contributed by atoms with Crippen LogP contribution in [0.15, 0.2) is 36.4 Å². The first-order valence-corrected chi connectivity index (χ1v) is 12.6. The minimum atomic E-state index is -1.50. The number of nitrogens with two attached hydrogens (primary N) is 1. The fraction of sp³-hybridized carbons (Fsp3) is 0.407. The first-order valence-electron chi connectivity index (χ1n) is 12.2. The van der Waals surface area contributed by atoms with Gasteiger partial charge in [-0.1, -0.05) is 29.8 Å². The van der Waals surface area contributed by atoms with E-state index in [1.807, 2.05) is 0 Å². The van der Waals surface area contributed by atoms with Crippen molar-refractivity contribution in [2.45, 2.75) is 58.7 Å². The lowest BCUT2D eigenvalue weighted by Crippen LogP contribution is -2.54. The third kappa shape index (κ3) is 8.86. The van der Waals surface area contributed by atoms with Gasteiger partial charge in [-0.25, -0.2) is 4.79 Å². The van der Waals surface area contributed by atoms with E-state index in [9.17, 15) is 29.4 Å². The zero-order chi connectivity index (χ0) is 29.5. The fourth-order valence-corrected chi connectivity index (χ4v) is 4.10. The number of para-hydroxylation sites is 1. The van der Waals surface area contributed by atoms with Crippen LogP contribution in [0, 0.1) is 13.8 Å². The summed E-state index contributed by atoms with van der Waals surface area (Å²) >= 11 is 6.31. The SMILES string of the molecule is Cc1cc(C(C(=O)Nc2c(C)cccc2Cl)N(CCO)C(=O)C(CC(N)=O)NC(=O)OC(C)(C)C)ccc1O. The Morgan fingerprint density at radius 2 is 1.77 bits per heavy atom. The Bertz CT molecular complexity index is 1210. The number of ether oxygens (including phenoxy) is 1. The molecule has 11 nitrogen and oxygen atoms in total. The van der Waals surface area contributed by atoms with Gasteiger partial charge in [-0.2, -0.15) is 0 Å². The van der Waals surface area contributed by atoms with Crippen LogP contribution in [0.4, 0.5) is 10.5 Å². The molecule has 0 aliphatic heterocycles. The van der Waals surface area contributed by atoms with E-state index in [-0.39, 0.29) is 17.3 Å². The number of primary amides is 1. The maximum Gasteiger partial charge on any atom is 0.408 e. The smallest absolute Gasteiger partial charge is 0.408 e. The Labute approximate surface area is 232 Å². The highest BCUT2D eigenvalue weighted by molar-refractivity contribution is 6.34. The number of aliphatic hydroxyl groups is 1. The molecule has 2 rings (SSSR count). The lowest BCUT2D eigenvalue weighted by Gasteiger charge is -2.34. The van der Waals surface area contributed by atoms with Gasteiger partial charge in [0.25, 0.3) is 5.91 Å². The summed E-state index contributed by atoms with van der Waals surface area (Å²) in [5, 5.41) is 25.3. The van der Waals surface area contributed by atoms with Crippen molar-refractivity contribution in [3.8, 4) is 5.75 Å². The van der Waals surface area contributed by atoms with Crippen molar-refractivity contribution in [2.24, 2.45) is 5.73 Å². The number of aliphatic hydroxyl groups excluding tert-OH is 1. The number of benzene rings is 2. The van der Waals surface area contributed by atoms with E-state index in [1.165, 1.54) is 18.2 Å². The van der Waals surface area contributed by atoms with Crippen LogP contribution < -0.4 is 16.4 Å². The van der Waals surface area contributed by atoms with Crippen molar-refractivity contribution in [3.63, 3.8) is 0 Å². The number of carbonyl (C=O) groups excluding carboxylic acids is 4. The molecule has 2 aromatic carbocycles. The highest BCUT2D eigenvalue weighted by atomic mass is 35.5. The summed E-state index contributed by atoms with van der Waals surface area (Å²) in [5.41, 5.74) is 6.16. The molecule has 39 heavy (non-hydrogen) atoms. The van der Waals surface area contributed by atoms with E-state index in [1.54, 1.807) is 52.8 Å². The van der Waals surface area contributed by atoms with Crippen molar-refractivity contribution in [3.05, 3.63) is 58.1 Å². The molecule has 0 spiro atoms. The molecule has 6 N–H and O–H groups in total. The van der Waals surface area contributed by atoms with Gasteiger partial charge in [-0.15, -0.1) is 0 Å². The number of rotatable bonds is 10. The van der Waals surface area contributed by atoms with E-state index in [0.717, 1.165) is 4.90 Å². The molecule has 2 atom stereocenters. The summed E-state index contributed by atoms with van der Waals surface area (Å²) < 4.78 is 5.22. The zero-order valence-corrected chi connectivity index (χ0v) is 23.3. The van der Waals surface area contributed by atoms with Gasteiger partial charge in [0.2, 0.25) is 11.8 Å². The molecule has 0 saturated carbocycles. The third-order valence-corrected chi connectivity index (χ3v) is 5.90. The van der Waals surface area contributed by atoms with Gasteiger partial charge < -0.3 is 36.2 Å². The van der Waals surface area contributed by atoms with Gasteiger partial charge >= 0.3 is 6.09 Å². The van der Waals surface area contributed by atoms with Crippen LogP contribution in [0.25, 0.3) is 0 Å². The summed E-state index contributed by atoms with van der Waals surface area (Å²) in [7, 11) is 0. The van der Waals surface area contributed by atoms with Crippen LogP contribution in [0.3, 0.4) is 0 Å². The molecular formula is C27H35ClN4O7. The number of hydrogen-bond acceptors (Lipinski definition) is 7. The van der Waals surface area contributed by atoms with E-state index in [4.69, 9.17) is 22.1 Å². The van der Waals surface area contributed by atoms with Gasteiger partial charge in [0.1, 0.15) is 23.4 Å². The van der Waals surface area contributed by atoms with Crippen LogP contribution in [-0.4, -0.2) is 63.7 Å². The van der Waals surface area contributed by atoms with E-state index in [2.05, 4.69) is 10.6 Å². The number of aromatic hydroxyl groups is 1. The number of alkyl carbamates (subject to hydrolysis) is 1. The monoisotopic (exact) mass is 562 g/mol. The minimum absolute atomic E-state index is 0.0295. The van der Waals surface area contributed by atoms with Crippen LogP contribution >= 0.6 is 11.6 Å². The summed E-state index contributed by atoms with van der Waals surface area (Å²) in [5.74, 6) is -2.47. The van der Waals surface area contributed by atoms with Crippen molar-refractivity contribution in [1.82, 2.24) is 10.2 Å². The zero-order valence-electron chi connectivity index (χ0n) is 22.6. The van der Waals surface area contributed by atoms with Crippen molar-refractivity contribution >= 4 is 41.1 Å². The summed E-state index contributed by atoms with van der Waals surface area (Å²) in [6.45, 7) is 7.34. The van der Waals surface area contributed by atoms with Crippen LogP contribution in [0.2, 0.25) is 5.02 Å². The topological polar surface area (TPSA) is 171 Å². The van der Waals surface area contributed by atoms with Crippen molar-refractivity contribution in [1.29, 1.82) is 0 Å². The second-order valence-electron chi connectivity index (χ2n) is 9.99. The van der Waals surface area contributed by atoms with E-state index in [0.29, 0.717) is 22.4 Å². The Morgan fingerprint density at radius 3 is 2.31 bits per heavy atom. The summed E-state index contributed by atoms with van der Waals surface area (Å²) in [6.07, 6.45) is -1.56. The molecule has 0 bridgehead atoms. The quantitative estimate of drug-likeness (QED) is 0.296. The summed E-state index contributed by atoms with van der Waals surface area (Å²) in [6, 6.07) is 6.52. The molecule has 0 saturated heterocycles. The number of aryl methyl sites for hydroxylation is 2. The number of phenolic OH excluding ortho intramolecular Hbond substituents is 1. The lowest BCUT2D eigenvalue weighted by atomic mass is 9.99. The molecule has 0 heterocycles. The van der Waals surface area contributed by atoms with Gasteiger partial charge in [-0.3, -0.25) is 14.4 Å². The molecule has 0 aliphatic carbocycles. The number of nitrogens with one attached hydrogen (secondary N) is 2. The predicted molar refractivity (Wildman–Crippen MR) is 146 cm³/mol. The number of hydrogen-bond donors (Lipinski definition) is 5. The average Bonchev–Trinajstić information content (AvgIpc) is 2.81. The number of phenols is 1. The molecular weight excluding hydrogens is 528 g/mol. The highest BCUT2D eigenvalue weighted by Gasteiger charge is 2.37. The van der Waals surface area contributed by atoms with Crippen LogP contribution in [0.1, 0.15) is 49.9 Å². The molecule has 0 aromatic heterocycles. The Balaban J connectivity index is 2.58. The van der Waals surface area contributed by atoms with Crippen LogP contribution in [0.5, 0.6) is 5.75 Å². The first kappa shape index (κ1) is 31.4. The lowest BCUT2D eigenvalue weighted by molar-refractivity contribution is -0.142. The standard InChI is InChI=1S/C27H35ClN4O7/c1-15-7-6-8-18(28)22(15)31-24(36)23(17-9-10-20(34)16(2)13-17)32(11-12-33)25(37)19(14-21(29)35)30-26(38)39-27(3,4)5/h6-10,13,19,23,33-34H,11-12,14H2,1-5H3,(H2,29,35)(H,30,38)(H,31,36). The molecule has 212 valence electrons. The summed E-state index contributed by atoms with van der Waals surface area (Å²) in [4.78, 5) is 52.9. The Hall–Kier alpha value is -3.83. The third-order valence-electron chi connectivity index (χ3n) is 5.59. The Morgan fingerprint density at radius 1 is 1.10 bits per heavy atom. The van der Waals surface area contributed by atoms with Crippen LogP contribution in [-0.2, 0) is 19.1 Å². The number of nitrogens with zero attached hydrogens (tertiary/aromatic N) is 1. The second-order valence-corrected chi connectivity index (χ2v) is 10.4. The van der Waals surface area contributed by atoms with Gasteiger partial charge in [0.05, 0.1) is 23.7 Å². The molecule has 2 aromatic rings. The number of amides is 4. The van der Waals surface area contributed by atoms with E-state index >= 15 is 0 Å². The van der Waals surface area contributed by atoms with Gasteiger partial charge in [0.15, 0.2) is 0 Å². The molecule has 12 heteroatoms. The largest absolute Gasteiger partial charge is 0.508 e. The molecule has 2 unspecified atom stereocenters. The van der Waals surface area contributed by atoms with Crippen molar-refractivity contribution in [2.75, 3.05) is 18.5 Å². The molecule has 0 fully saturated rings. The normalized spacial score (nSPS) is 12.7.